The molecule has 0 aliphatic carbocycles. The normalized spacial score (nSPS) is 10.3. The first-order valence-corrected chi connectivity index (χ1v) is 4.60. The molecule has 0 aliphatic rings. The van der Waals surface area contributed by atoms with Crippen molar-refractivity contribution in [2.45, 2.75) is 6.92 Å². The summed E-state index contributed by atoms with van der Waals surface area (Å²) in [7, 11) is 0. The number of aryl methyl sites for hydroxylation is 1. The summed E-state index contributed by atoms with van der Waals surface area (Å²) in [6.45, 7) is 1.91. The second-order valence-corrected chi connectivity index (χ2v) is 3.39. The lowest BCUT2D eigenvalue weighted by Crippen LogP contribution is -1.85. The molecule has 0 spiro atoms. The minimum absolute atomic E-state index is 0.672. The fraction of sp³-hybridized carbons (Fsp3) is 0.0769. The molecule has 2 aromatic carbocycles. The molecule has 75 valence electrons. The summed E-state index contributed by atoms with van der Waals surface area (Å²) in [6, 6.07) is 12.4. The van der Waals surface area contributed by atoms with Crippen molar-refractivity contribution in [1.82, 2.24) is 0 Å². The first kappa shape index (κ1) is 9.84. The van der Waals surface area contributed by atoms with Gasteiger partial charge in [-0.2, -0.15) is 0 Å². The van der Waals surface area contributed by atoms with Crippen LogP contribution in [0.15, 0.2) is 36.4 Å². The van der Waals surface area contributed by atoms with Crippen LogP contribution < -0.4 is 0 Å². The Balaban J connectivity index is 2.50. The average Bonchev–Trinajstić information content (AvgIpc) is 2.22. The predicted octanol–water partition coefficient (Wildman–Crippen LogP) is 3.74. The first-order chi connectivity index (χ1) is 7.16. The van der Waals surface area contributed by atoms with Gasteiger partial charge in [0, 0.05) is 0 Å². The van der Waals surface area contributed by atoms with Crippen molar-refractivity contribution in [2.75, 3.05) is 0 Å². The molecule has 0 aromatic heterocycles. The van der Waals surface area contributed by atoms with Crippen molar-refractivity contribution in [2.24, 2.45) is 0 Å². The largest absolute Gasteiger partial charge is 0.204 e. The maximum atomic E-state index is 13.0. The summed E-state index contributed by atoms with van der Waals surface area (Å²) < 4.78 is 25.7. The molecular weight excluding hydrogens is 194 g/mol. The maximum absolute atomic E-state index is 13.0. The monoisotopic (exact) mass is 203 g/mol. The van der Waals surface area contributed by atoms with Gasteiger partial charge in [0.05, 0.1) is 0 Å². The second kappa shape index (κ2) is 3.81. The van der Waals surface area contributed by atoms with E-state index in [1.165, 1.54) is 6.07 Å². The molecule has 2 rings (SSSR count). The van der Waals surface area contributed by atoms with Crippen LogP contribution in [-0.4, -0.2) is 0 Å². The van der Waals surface area contributed by atoms with Gasteiger partial charge in [0.15, 0.2) is 11.6 Å². The van der Waals surface area contributed by atoms with E-state index < -0.39 is 11.6 Å². The molecule has 0 fully saturated rings. The van der Waals surface area contributed by atoms with Gasteiger partial charge in [-0.1, -0.05) is 24.3 Å². The summed E-state index contributed by atoms with van der Waals surface area (Å²) in [5.41, 5.74) is 2.51. The Kier molecular flexibility index (Phi) is 2.50. The highest BCUT2D eigenvalue weighted by Crippen LogP contribution is 2.21. The molecule has 0 N–H and O–H groups in total. The van der Waals surface area contributed by atoms with Crippen molar-refractivity contribution in [3.63, 3.8) is 0 Å². The summed E-state index contributed by atoms with van der Waals surface area (Å²) >= 11 is 0. The minimum Gasteiger partial charge on any atom is -0.204 e. The van der Waals surface area contributed by atoms with Crippen LogP contribution in [-0.2, 0) is 0 Å². The molecule has 15 heavy (non-hydrogen) atoms. The third-order valence-electron chi connectivity index (χ3n) is 2.20. The Morgan fingerprint density at radius 2 is 1.67 bits per heavy atom. The van der Waals surface area contributed by atoms with E-state index in [0.717, 1.165) is 17.2 Å². The van der Waals surface area contributed by atoms with E-state index in [2.05, 4.69) is 6.07 Å². The fourth-order valence-corrected chi connectivity index (χ4v) is 1.44. The highest BCUT2D eigenvalue weighted by atomic mass is 19.2. The average molecular weight is 203 g/mol. The number of rotatable bonds is 1. The Morgan fingerprint density at radius 1 is 0.933 bits per heavy atom. The topological polar surface area (TPSA) is 0 Å². The molecule has 0 atom stereocenters. The molecule has 0 nitrogen and oxygen atoms in total. The zero-order valence-corrected chi connectivity index (χ0v) is 8.22. The zero-order chi connectivity index (χ0) is 10.8. The number of halogens is 2. The van der Waals surface area contributed by atoms with Gasteiger partial charge in [0.25, 0.3) is 0 Å². The fourth-order valence-electron chi connectivity index (χ4n) is 1.44. The van der Waals surface area contributed by atoms with Crippen molar-refractivity contribution in [3.05, 3.63) is 59.7 Å². The Labute approximate surface area is 87.2 Å². The summed E-state index contributed by atoms with van der Waals surface area (Å²) in [6.07, 6.45) is 0. The highest BCUT2D eigenvalue weighted by Gasteiger charge is 2.04. The second-order valence-electron chi connectivity index (χ2n) is 3.39. The van der Waals surface area contributed by atoms with Crippen LogP contribution >= 0.6 is 0 Å². The molecule has 2 heteroatoms. The lowest BCUT2D eigenvalue weighted by molar-refractivity contribution is 0.509. The van der Waals surface area contributed by atoms with E-state index in [1.807, 2.05) is 19.1 Å². The van der Waals surface area contributed by atoms with E-state index in [4.69, 9.17) is 0 Å². The molecule has 2 aromatic rings. The molecule has 0 aliphatic heterocycles. The molecule has 0 heterocycles. The van der Waals surface area contributed by atoms with Gasteiger partial charge in [-0.05, 0) is 41.8 Å². The van der Waals surface area contributed by atoms with Crippen LogP contribution in [0.3, 0.4) is 0 Å². The van der Waals surface area contributed by atoms with Crippen LogP contribution in [0.5, 0.6) is 0 Å². The van der Waals surface area contributed by atoms with Crippen molar-refractivity contribution >= 4 is 0 Å². The zero-order valence-electron chi connectivity index (χ0n) is 8.22. The maximum Gasteiger partial charge on any atom is 0.159 e. The lowest BCUT2D eigenvalue weighted by Gasteiger charge is -2.03. The molecule has 0 saturated carbocycles. The standard InChI is InChI=1S/C13H9F2/c1-9-3-2-4-10(7-9)11-5-6-12(14)13(15)8-11/h2,4-8H,1H3. The van der Waals surface area contributed by atoms with Gasteiger partial charge in [0.2, 0.25) is 0 Å². The number of hydrogen-bond acceptors (Lipinski definition) is 0. The van der Waals surface area contributed by atoms with E-state index in [0.29, 0.717) is 5.56 Å². The Bertz CT molecular complexity index is 490. The van der Waals surface area contributed by atoms with Gasteiger partial charge in [-0.3, -0.25) is 0 Å². The van der Waals surface area contributed by atoms with E-state index in [9.17, 15) is 8.78 Å². The molecule has 1 radical (unpaired) electrons. The van der Waals surface area contributed by atoms with Gasteiger partial charge in [-0.25, -0.2) is 8.78 Å². The number of benzene rings is 2. The molecule has 0 unspecified atom stereocenters. The Morgan fingerprint density at radius 3 is 2.33 bits per heavy atom. The SMILES string of the molecule is Cc1[c]ccc(-c2ccc(F)c(F)c2)c1. The van der Waals surface area contributed by atoms with Crippen molar-refractivity contribution in [1.29, 1.82) is 0 Å². The first-order valence-electron chi connectivity index (χ1n) is 4.60. The van der Waals surface area contributed by atoms with Crippen LogP contribution in [0.1, 0.15) is 5.56 Å². The van der Waals surface area contributed by atoms with E-state index >= 15 is 0 Å². The third kappa shape index (κ3) is 2.04. The van der Waals surface area contributed by atoms with Gasteiger partial charge < -0.3 is 0 Å². The molecule has 0 bridgehead atoms. The van der Waals surface area contributed by atoms with Crippen molar-refractivity contribution < 1.29 is 8.78 Å². The van der Waals surface area contributed by atoms with Crippen molar-refractivity contribution in [3.8, 4) is 11.1 Å². The van der Waals surface area contributed by atoms with Crippen LogP contribution in [0.4, 0.5) is 8.78 Å². The Hall–Kier alpha value is -1.70. The van der Waals surface area contributed by atoms with Crippen LogP contribution in [0.25, 0.3) is 11.1 Å². The molecule has 0 amide bonds. The van der Waals surface area contributed by atoms with E-state index in [-0.39, 0.29) is 0 Å². The third-order valence-corrected chi connectivity index (χ3v) is 2.20. The predicted molar refractivity (Wildman–Crippen MR) is 55.4 cm³/mol. The van der Waals surface area contributed by atoms with Crippen LogP contribution in [0, 0.1) is 24.6 Å². The summed E-state index contributed by atoms with van der Waals surface area (Å²) in [4.78, 5) is 0. The van der Waals surface area contributed by atoms with Crippen LogP contribution in [0.2, 0.25) is 0 Å². The minimum atomic E-state index is -0.821. The van der Waals surface area contributed by atoms with Gasteiger partial charge in [0.1, 0.15) is 0 Å². The number of hydrogen-bond donors (Lipinski definition) is 0. The van der Waals surface area contributed by atoms with Gasteiger partial charge >= 0.3 is 0 Å². The van der Waals surface area contributed by atoms with E-state index in [1.54, 1.807) is 12.1 Å². The lowest BCUT2D eigenvalue weighted by atomic mass is 10.0. The molecule has 0 saturated heterocycles. The quantitative estimate of drug-likeness (QED) is 0.662. The highest BCUT2D eigenvalue weighted by molar-refractivity contribution is 5.63. The summed E-state index contributed by atoms with van der Waals surface area (Å²) in [5, 5.41) is 0. The smallest absolute Gasteiger partial charge is 0.159 e. The molecular formula is C13H9F2. The summed E-state index contributed by atoms with van der Waals surface area (Å²) in [5.74, 6) is -1.64. The van der Waals surface area contributed by atoms with Gasteiger partial charge in [-0.15, -0.1) is 0 Å².